The molecule has 0 aromatic heterocycles. The largest absolute Gasteiger partial charge is 0.384 e. The van der Waals surface area contributed by atoms with E-state index in [9.17, 15) is 16.8 Å². The lowest BCUT2D eigenvalue weighted by Gasteiger charge is -2.09. The summed E-state index contributed by atoms with van der Waals surface area (Å²) in [5.74, 6) is 4.99. The molecular formula is C11H12ClNO5S2. The van der Waals surface area contributed by atoms with Crippen molar-refractivity contribution in [1.29, 1.82) is 0 Å². The van der Waals surface area contributed by atoms with Crippen LogP contribution in [-0.4, -0.2) is 39.9 Å². The van der Waals surface area contributed by atoms with E-state index >= 15 is 0 Å². The van der Waals surface area contributed by atoms with E-state index in [1.54, 1.807) is 6.07 Å². The van der Waals surface area contributed by atoms with Crippen LogP contribution >= 0.6 is 11.6 Å². The summed E-state index contributed by atoms with van der Waals surface area (Å²) in [6.45, 7) is -0.336. The van der Waals surface area contributed by atoms with E-state index in [-0.39, 0.29) is 17.3 Å². The lowest BCUT2D eigenvalue weighted by atomic mass is 10.2. The van der Waals surface area contributed by atoms with Crippen LogP contribution in [0.15, 0.2) is 18.2 Å². The number of hydrogen-bond donors (Lipinski definition) is 2. The molecule has 0 bridgehead atoms. The Bertz CT molecular complexity index is 760. The lowest BCUT2D eigenvalue weighted by molar-refractivity contribution is 0.350. The number of hydrogen-bond acceptors (Lipinski definition) is 5. The van der Waals surface area contributed by atoms with Gasteiger partial charge in [0.25, 0.3) is 0 Å². The van der Waals surface area contributed by atoms with Crippen molar-refractivity contribution in [1.82, 2.24) is 0 Å². The summed E-state index contributed by atoms with van der Waals surface area (Å²) in [7, 11) is -7.77. The van der Waals surface area contributed by atoms with Crippen LogP contribution in [0.4, 0.5) is 5.69 Å². The number of nitrogens with one attached hydrogen (secondary N) is 1. The Morgan fingerprint density at radius 1 is 1.30 bits per heavy atom. The van der Waals surface area contributed by atoms with Gasteiger partial charge in [0.1, 0.15) is 6.61 Å². The van der Waals surface area contributed by atoms with E-state index in [1.807, 2.05) is 0 Å². The molecule has 0 amide bonds. The number of rotatable bonds is 4. The highest BCUT2D eigenvalue weighted by atomic mass is 35.5. The molecule has 9 heteroatoms. The standard InChI is InChI=1S/C11H12ClNO5S2/c1-19(15,16)8-20(17,18)13-11-7-9(3-2-6-14)4-5-10(11)12/h4-5,7,13-14H,6,8H2,1H3. The Morgan fingerprint density at radius 3 is 2.50 bits per heavy atom. The van der Waals surface area contributed by atoms with Crippen LogP contribution in [0, 0.1) is 11.8 Å². The fourth-order valence-corrected chi connectivity index (χ4v) is 4.52. The van der Waals surface area contributed by atoms with Crippen molar-refractivity contribution >= 4 is 37.1 Å². The second-order valence-electron chi connectivity index (χ2n) is 3.91. The molecule has 6 nitrogen and oxygen atoms in total. The van der Waals surface area contributed by atoms with Gasteiger partial charge in [0.2, 0.25) is 10.0 Å². The van der Waals surface area contributed by atoms with Crippen molar-refractivity contribution in [3.8, 4) is 11.8 Å². The molecule has 0 atom stereocenters. The van der Waals surface area contributed by atoms with Gasteiger partial charge in [-0.05, 0) is 18.2 Å². The Balaban J connectivity index is 3.08. The van der Waals surface area contributed by atoms with Gasteiger partial charge in [-0.2, -0.15) is 0 Å². The molecule has 20 heavy (non-hydrogen) atoms. The smallest absolute Gasteiger partial charge is 0.247 e. The maximum atomic E-state index is 11.7. The fourth-order valence-electron chi connectivity index (χ4n) is 1.30. The number of sulfone groups is 1. The molecule has 1 aromatic rings. The molecule has 110 valence electrons. The molecule has 0 fully saturated rings. The highest BCUT2D eigenvalue weighted by Crippen LogP contribution is 2.24. The Hall–Kier alpha value is -1.27. The minimum Gasteiger partial charge on any atom is -0.384 e. The first-order valence-electron chi connectivity index (χ1n) is 5.20. The average molecular weight is 338 g/mol. The van der Waals surface area contributed by atoms with E-state index in [0.717, 1.165) is 6.26 Å². The first-order chi connectivity index (χ1) is 9.13. The second kappa shape index (κ2) is 6.45. The van der Waals surface area contributed by atoms with E-state index in [1.165, 1.54) is 12.1 Å². The molecule has 0 aliphatic carbocycles. The maximum Gasteiger partial charge on any atom is 0.247 e. The number of aliphatic hydroxyl groups excluding tert-OH is 1. The summed E-state index contributed by atoms with van der Waals surface area (Å²) in [6, 6.07) is 4.31. The van der Waals surface area contributed by atoms with Crippen LogP contribution in [0.2, 0.25) is 5.02 Å². The third-order valence-corrected chi connectivity index (χ3v) is 5.73. The first-order valence-corrected chi connectivity index (χ1v) is 9.29. The van der Waals surface area contributed by atoms with Gasteiger partial charge in [-0.3, -0.25) is 4.72 Å². The summed E-state index contributed by atoms with van der Waals surface area (Å²) >= 11 is 5.83. The van der Waals surface area contributed by atoms with Crippen molar-refractivity contribution in [2.24, 2.45) is 0 Å². The second-order valence-corrected chi connectivity index (χ2v) is 8.55. The monoisotopic (exact) mass is 337 g/mol. The maximum absolute atomic E-state index is 11.7. The first kappa shape index (κ1) is 16.8. The molecule has 1 aromatic carbocycles. The molecule has 0 aliphatic rings. The zero-order valence-corrected chi connectivity index (χ0v) is 12.8. The molecule has 0 spiro atoms. The SMILES string of the molecule is CS(=O)(=O)CS(=O)(=O)Nc1cc(C#CCO)ccc1Cl. The highest BCUT2D eigenvalue weighted by Gasteiger charge is 2.19. The molecule has 0 aliphatic heterocycles. The van der Waals surface area contributed by atoms with Gasteiger partial charge in [-0.15, -0.1) is 0 Å². The van der Waals surface area contributed by atoms with E-state index < -0.39 is 24.9 Å². The summed E-state index contributed by atoms with van der Waals surface area (Å²) in [5.41, 5.74) is 0.459. The predicted octanol–water partition coefficient (Wildman–Crippen LogP) is 0.428. The number of aliphatic hydroxyl groups is 1. The minimum absolute atomic E-state index is 0.0278. The van der Waals surface area contributed by atoms with Crippen molar-refractivity contribution in [2.45, 2.75) is 0 Å². The zero-order valence-electron chi connectivity index (χ0n) is 10.4. The molecule has 2 N–H and O–H groups in total. The third-order valence-electron chi connectivity index (χ3n) is 1.91. The summed E-state index contributed by atoms with van der Waals surface area (Å²) in [5, 5.41) is 7.66. The van der Waals surface area contributed by atoms with Crippen molar-refractivity contribution < 1.29 is 21.9 Å². The van der Waals surface area contributed by atoms with E-state index in [0.29, 0.717) is 5.56 Å². The molecule has 0 heterocycles. The van der Waals surface area contributed by atoms with Crippen molar-refractivity contribution in [3.05, 3.63) is 28.8 Å². The fraction of sp³-hybridized carbons (Fsp3) is 0.273. The molecule has 1 rings (SSSR count). The normalized spacial score (nSPS) is 11.6. The quantitative estimate of drug-likeness (QED) is 0.776. The number of anilines is 1. The van der Waals surface area contributed by atoms with Gasteiger partial charge in [0.15, 0.2) is 14.9 Å². The Labute approximate surface area is 122 Å². The lowest BCUT2D eigenvalue weighted by Crippen LogP contribution is -2.22. The van der Waals surface area contributed by atoms with Crippen molar-refractivity contribution in [2.75, 3.05) is 22.7 Å². The van der Waals surface area contributed by atoms with E-state index in [2.05, 4.69) is 16.6 Å². The molecule has 0 saturated carbocycles. The molecular weight excluding hydrogens is 326 g/mol. The topological polar surface area (TPSA) is 101 Å². The number of sulfonamides is 1. The van der Waals surface area contributed by atoms with E-state index in [4.69, 9.17) is 16.7 Å². The van der Waals surface area contributed by atoms with Gasteiger partial charge in [0, 0.05) is 11.8 Å². The van der Waals surface area contributed by atoms with Crippen molar-refractivity contribution in [3.63, 3.8) is 0 Å². The van der Waals surface area contributed by atoms with Crippen LogP contribution in [-0.2, 0) is 19.9 Å². The van der Waals surface area contributed by atoms with Gasteiger partial charge < -0.3 is 5.11 Å². The predicted molar refractivity (Wildman–Crippen MR) is 77.7 cm³/mol. The van der Waals surface area contributed by atoms with Crippen LogP contribution in [0.25, 0.3) is 0 Å². The average Bonchev–Trinajstić information content (AvgIpc) is 2.26. The summed E-state index contributed by atoms with van der Waals surface area (Å²) in [4.78, 5) is 0. The van der Waals surface area contributed by atoms with Gasteiger partial charge in [-0.25, -0.2) is 16.8 Å². The van der Waals surface area contributed by atoms with Crippen LogP contribution in [0.3, 0.4) is 0 Å². The molecule has 0 radical (unpaired) electrons. The summed E-state index contributed by atoms with van der Waals surface area (Å²) < 4.78 is 47.5. The number of benzene rings is 1. The van der Waals surface area contributed by atoms with Gasteiger partial charge >= 0.3 is 0 Å². The van der Waals surface area contributed by atoms with Gasteiger partial charge in [-0.1, -0.05) is 23.4 Å². The Morgan fingerprint density at radius 2 is 1.95 bits per heavy atom. The van der Waals surface area contributed by atoms with Crippen LogP contribution in [0.1, 0.15) is 5.56 Å². The third kappa shape index (κ3) is 5.79. The molecule has 0 unspecified atom stereocenters. The highest BCUT2D eigenvalue weighted by molar-refractivity contribution is 8.08. The van der Waals surface area contributed by atoms with Gasteiger partial charge in [0.05, 0.1) is 10.7 Å². The minimum atomic E-state index is -4.07. The van der Waals surface area contributed by atoms with Crippen LogP contribution < -0.4 is 4.72 Å². The zero-order chi connectivity index (χ0) is 15.4. The Kier molecular flexibility index (Phi) is 5.42. The number of halogens is 1. The van der Waals surface area contributed by atoms with Crippen LogP contribution in [0.5, 0.6) is 0 Å². The molecule has 0 saturated heterocycles. The summed E-state index contributed by atoms with van der Waals surface area (Å²) in [6.07, 6.45) is 0.816.